The van der Waals surface area contributed by atoms with Crippen molar-refractivity contribution in [1.29, 1.82) is 0 Å². The van der Waals surface area contributed by atoms with Gasteiger partial charge in [0.25, 0.3) is 5.56 Å². The van der Waals surface area contributed by atoms with E-state index in [2.05, 4.69) is 15.3 Å². The third-order valence-electron chi connectivity index (χ3n) is 3.37. The van der Waals surface area contributed by atoms with E-state index in [-0.39, 0.29) is 23.3 Å². The Hall–Kier alpha value is -1.65. The van der Waals surface area contributed by atoms with E-state index >= 15 is 0 Å². The highest BCUT2D eigenvalue weighted by Crippen LogP contribution is 2.24. The molecular formula is C13H19N3O2. The van der Waals surface area contributed by atoms with Crippen LogP contribution in [0.15, 0.2) is 10.9 Å². The van der Waals surface area contributed by atoms with Gasteiger partial charge in [-0.15, -0.1) is 0 Å². The van der Waals surface area contributed by atoms with Crippen LogP contribution in [0.4, 0.5) is 5.95 Å². The highest BCUT2D eigenvalue weighted by atomic mass is 16.2. The van der Waals surface area contributed by atoms with Gasteiger partial charge >= 0.3 is 0 Å². The van der Waals surface area contributed by atoms with Crippen LogP contribution in [0.3, 0.4) is 0 Å². The molecule has 1 fully saturated rings. The van der Waals surface area contributed by atoms with Crippen molar-refractivity contribution in [3.63, 3.8) is 0 Å². The monoisotopic (exact) mass is 249 g/mol. The second kappa shape index (κ2) is 5.80. The molecule has 5 nitrogen and oxygen atoms in total. The van der Waals surface area contributed by atoms with Gasteiger partial charge in [-0.25, -0.2) is 4.98 Å². The number of hydrogen-bond donors (Lipinski definition) is 2. The number of carbonyl (C=O) groups is 1. The first-order valence-electron chi connectivity index (χ1n) is 6.60. The minimum Gasteiger partial charge on any atom is -0.296 e. The lowest BCUT2D eigenvalue weighted by atomic mass is 9.89. The van der Waals surface area contributed by atoms with Crippen LogP contribution >= 0.6 is 0 Å². The van der Waals surface area contributed by atoms with E-state index in [0.29, 0.717) is 12.1 Å². The third kappa shape index (κ3) is 3.18. The van der Waals surface area contributed by atoms with E-state index < -0.39 is 0 Å². The normalized spacial score (nSPS) is 16.5. The molecule has 0 atom stereocenters. The molecule has 0 radical (unpaired) electrons. The summed E-state index contributed by atoms with van der Waals surface area (Å²) in [5, 5.41) is 2.72. The first-order valence-corrected chi connectivity index (χ1v) is 6.60. The smallest absolute Gasteiger partial charge is 0.252 e. The summed E-state index contributed by atoms with van der Waals surface area (Å²) in [5.41, 5.74) is 0.471. The van der Waals surface area contributed by atoms with Gasteiger partial charge in [-0.3, -0.25) is 19.9 Å². The minimum atomic E-state index is -0.221. The van der Waals surface area contributed by atoms with Crippen molar-refractivity contribution >= 4 is 11.9 Å². The predicted octanol–water partition coefficient (Wildman–Crippen LogP) is 1.85. The van der Waals surface area contributed by atoms with Crippen LogP contribution < -0.4 is 10.9 Å². The maximum Gasteiger partial charge on any atom is 0.252 e. The molecule has 0 aliphatic heterocycles. The lowest BCUT2D eigenvalue weighted by Gasteiger charge is -2.20. The van der Waals surface area contributed by atoms with E-state index in [0.717, 1.165) is 25.7 Å². The molecule has 18 heavy (non-hydrogen) atoms. The van der Waals surface area contributed by atoms with Gasteiger partial charge in [0.05, 0.1) is 0 Å². The molecule has 0 saturated heterocycles. The maximum atomic E-state index is 12.0. The Morgan fingerprint density at radius 3 is 2.83 bits per heavy atom. The summed E-state index contributed by atoms with van der Waals surface area (Å²) in [6.45, 7) is 1.93. The van der Waals surface area contributed by atoms with Crippen LogP contribution in [0.25, 0.3) is 0 Å². The van der Waals surface area contributed by atoms with E-state index in [1.165, 1.54) is 12.5 Å². The standard InChI is InChI=1S/C13H19N3O2/c1-2-10-8-11(17)15-13(14-10)16-12(18)9-6-4-3-5-7-9/h8-9H,2-7H2,1H3,(H2,14,15,16,17,18). The Bertz CT molecular complexity index is 475. The van der Waals surface area contributed by atoms with Gasteiger partial charge in [-0.05, 0) is 19.3 Å². The molecular weight excluding hydrogens is 230 g/mol. The molecule has 1 aliphatic rings. The second-order valence-corrected chi connectivity index (χ2v) is 4.76. The van der Waals surface area contributed by atoms with Gasteiger partial charge < -0.3 is 0 Å². The Kier molecular flexibility index (Phi) is 4.12. The molecule has 5 heteroatoms. The summed E-state index contributed by atoms with van der Waals surface area (Å²) in [4.78, 5) is 30.1. The Balaban J connectivity index is 2.06. The molecule has 2 rings (SSSR count). The van der Waals surface area contributed by atoms with E-state index in [9.17, 15) is 9.59 Å². The van der Waals surface area contributed by atoms with Crippen LogP contribution in [0.2, 0.25) is 0 Å². The number of carbonyl (C=O) groups excluding carboxylic acids is 1. The fourth-order valence-corrected chi connectivity index (χ4v) is 2.33. The molecule has 1 aromatic rings. The molecule has 1 aliphatic carbocycles. The first kappa shape index (κ1) is 12.8. The van der Waals surface area contributed by atoms with Crippen LogP contribution in [0.5, 0.6) is 0 Å². The van der Waals surface area contributed by atoms with Crippen LogP contribution in [0, 0.1) is 5.92 Å². The number of hydrogen-bond acceptors (Lipinski definition) is 3. The fourth-order valence-electron chi connectivity index (χ4n) is 2.33. The topological polar surface area (TPSA) is 74.8 Å². The number of anilines is 1. The zero-order valence-electron chi connectivity index (χ0n) is 10.7. The van der Waals surface area contributed by atoms with Crippen LogP contribution in [-0.2, 0) is 11.2 Å². The third-order valence-corrected chi connectivity index (χ3v) is 3.37. The van der Waals surface area contributed by atoms with Crippen molar-refractivity contribution in [2.45, 2.75) is 45.4 Å². The van der Waals surface area contributed by atoms with Gasteiger partial charge in [0.1, 0.15) is 0 Å². The summed E-state index contributed by atoms with van der Waals surface area (Å²) < 4.78 is 0. The number of amides is 1. The number of aromatic amines is 1. The van der Waals surface area contributed by atoms with Crippen molar-refractivity contribution in [1.82, 2.24) is 9.97 Å². The first-order chi connectivity index (χ1) is 8.69. The average molecular weight is 249 g/mol. The molecule has 2 N–H and O–H groups in total. The molecule has 1 aromatic heterocycles. The van der Waals surface area contributed by atoms with Gasteiger partial charge in [-0.2, -0.15) is 0 Å². The van der Waals surface area contributed by atoms with Gasteiger partial charge in [0.15, 0.2) is 0 Å². The number of rotatable bonds is 3. The summed E-state index contributed by atoms with van der Waals surface area (Å²) >= 11 is 0. The Morgan fingerprint density at radius 2 is 2.17 bits per heavy atom. The van der Waals surface area contributed by atoms with Gasteiger partial charge in [-0.1, -0.05) is 26.2 Å². The summed E-state index contributed by atoms with van der Waals surface area (Å²) in [5.74, 6) is 0.315. The Labute approximate surface area is 106 Å². The van der Waals surface area contributed by atoms with E-state index in [1.807, 2.05) is 6.92 Å². The molecule has 0 bridgehead atoms. The molecule has 1 amide bonds. The van der Waals surface area contributed by atoms with E-state index in [1.54, 1.807) is 0 Å². The molecule has 0 spiro atoms. The van der Waals surface area contributed by atoms with Crippen molar-refractivity contribution < 1.29 is 4.79 Å². The molecule has 98 valence electrons. The summed E-state index contributed by atoms with van der Waals surface area (Å²) in [6, 6.07) is 1.45. The number of H-pyrrole nitrogens is 1. The number of aromatic nitrogens is 2. The average Bonchev–Trinajstić information content (AvgIpc) is 2.39. The van der Waals surface area contributed by atoms with E-state index in [4.69, 9.17) is 0 Å². The van der Waals surface area contributed by atoms with Crippen molar-refractivity contribution in [3.05, 3.63) is 22.1 Å². The zero-order valence-corrected chi connectivity index (χ0v) is 10.7. The quantitative estimate of drug-likeness (QED) is 0.858. The maximum absolute atomic E-state index is 12.0. The number of aryl methyl sites for hydroxylation is 1. The van der Waals surface area contributed by atoms with Gasteiger partial charge in [0, 0.05) is 17.7 Å². The fraction of sp³-hybridized carbons (Fsp3) is 0.615. The summed E-state index contributed by atoms with van der Waals surface area (Å²) in [6.07, 6.45) is 5.97. The number of nitrogens with zero attached hydrogens (tertiary/aromatic N) is 1. The lowest BCUT2D eigenvalue weighted by Crippen LogP contribution is -2.27. The largest absolute Gasteiger partial charge is 0.296 e. The second-order valence-electron chi connectivity index (χ2n) is 4.76. The van der Waals surface area contributed by atoms with Crippen LogP contribution in [0.1, 0.15) is 44.7 Å². The molecule has 0 aromatic carbocycles. The van der Waals surface area contributed by atoms with Crippen molar-refractivity contribution in [2.75, 3.05) is 5.32 Å². The minimum absolute atomic E-state index is 0.0221. The van der Waals surface area contributed by atoms with Crippen LogP contribution in [-0.4, -0.2) is 15.9 Å². The highest BCUT2D eigenvalue weighted by molar-refractivity contribution is 5.90. The number of nitrogens with one attached hydrogen (secondary N) is 2. The van der Waals surface area contributed by atoms with Gasteiger partial charge in [0.2, 0.25) is 11.9 Å². The summed E-state index contributed by atoms with van der Waals surface area (Å²) in [7, 11) is 0. The van der Waals surface area contributed by atoms with Crippen molar-refractivity contribution in [3.8, 4) is 0 Å². The molecule has 1 saturated carbocycles. The van der Waals surface area contributed by atoms with Crippen molar-refractivity contribution in [2.24, 2.45) is 5.92 Å². The lowest BCUT2D eigenvalue weighted by molar-refractivity contribution is -0.120. The zero-order chi connectivity index (χ0) is 13.0. The highest BCUT2D eigenvalue weighted by Gasteiger charge is 2.21. The Morgan fingerprint density at radius 1 is 1.44 bits per heavy atom. The predicted molar refractivity (Wildman–Crippen MR) is 69.4 cm³/mol. The SMILES string of the molecule is CCc1cc(=O)[nH]c(NC(=O)C2CCCCC2)n1. The molecule has 0 unspecified atom stereocenters. The molecule has 1 heterocycles.